The molecule has 0 spiro atoms. The van der Waals surface area contributed by atoms with Crippen molar-refractivity contribution in [2.45, 2.75) is 6.92 Å². The highest BCUT2D eigenvalue weighted by molar-refractivity contribution is 6.35. The van der Waals surface area contributed by atoms with Gasteiger partial charge in [0.2, 0.25) is 0 Å². The summed E-state index contributed by atoms with van der Waals surface area (Å²) in [4.78, 5) is 3.28. The van der Waals surface area contributed by atoms with Crippen LogP contribution in [0.5, 0.6) is 0 Å². The number of halogens is 1. The number of anilines is 1. The van der Waals surface area contributed by atoms with Crippen LogP contribution in [-0.2, 0) is 0 Å². The van der Waals surface area contributed by atoms with E-state index >= 15 is 0 Å². The largest absolute Gasteiger partial charge is 0.382 e. The number of aryl methyl sites for hydroxylation is 1. The van der Waals surface area contributed by atoms with Gasteiger partial charge in [0, 0.05) is 22.7 Å². The highest BCUT2D eigenvalue weighted by atomic mass is 35.5. The van der Waals surface area contributed by atoms with Crippen LogP contribution < -0.4 is 5.73 Å². The number of nitrogens with one attached hydrogen (secondary N) is 2. The quantitative estimate of drug-likeness (QED) is 0.617. The first-order chi connectivity index (χ1) is 8.16. The van der Waals surface area contributed by atoms with Crippen LogP contribution in [0.3, 0.4) is 0 Å². The van der Waals surface area contributed by atoms with Gasteiger partial charge in [0.1, 0.15) is 5.82 Å². The molecule has 0 fully saturated rings. The number of hydrogen-bond acceptors (Lipinski definition) is 2. The third kappa shape index (κ3) is 1.49. The predicted molar refractivity (Wildman–Crippen MR) is 70.0 cm³/mol. The van der Waals surface area contributed by atoms with Crippen LogP contribution in [0.4, 0.5) is 5.82 Å². The van der Waals surface area contributed by atoms with E-state index in [9.17, 15) is 0 Å². The third-order valence-electron chi connectivity index (χ3n) is 2.84. The lowest BCUT2D eigenvalue weighted by atomic mass is 10.1. The second kappa shape index (κ2) is 3.53. The van der Waals surface area contributed by atoms with Crippen molar-refractivity contribution in [1.29, 1.82) is 0 Å². The molecule has 0 bridgehead atoms. The normalized spacial score (nSPS) is 11.2. The minimum atomic E-state index is 0.482. The molecular formula is C12H11ClN4. The molecular weight excluding hydrogens is 236 g/mol. The zero-order valence-corrected chi connectivity index (χ0v) is 9.97. The highest BCUT2D eigenvalue weighted by Gasteiger charge is 2.13. The van der Waals surface area contributed by atoms with E-state index in [1.807, 2.05) is 31.2 Å². The summed E-state index contributed by atoms with van der Waals surface area (Å²) >= 11 is 6.15. The minimum Gasteiger partial charge on any atom is -0.382 e. The Labute approximate surface area is 103 Å². The van der Waals surface area contributed by atoms with Crippen LogP contribution in [0, 0.1) is 6.92 Å². The van der Waals surface area contributed by atoms with Crippen LogP contribution in [0.15, 0.2) is 24.3 Å². The Morgan fingerprint density at radius 1 is 1.35 bits per heavy atom. The van der Waals surface area contributed by atoms with E-state index in [0.717, 1.165) is 27.9 Å². The molecule has 0 atom stereocenters. The van der Waals surface area contributed by atoms with Crippen LogP contribution >= 0.6 is 11.6 Å². The molecule has 3 rings (SSSR count). The first-order valence-electron chi connectivity index (χ1n) is 5.25. The molecule has 4 nitrogen and oxygen atoms in total. The average Bonchev–Trinajstić information content (AvgIpc) is 2.82. The molecule has 17 heavy (non-hydrogen) atoms. The maximum atomic E-state index is 6.15. The molecule has 0 unspecified atom stereocenters. The fraction of sp³-hybridized carbons (Fsp3) is 0.0833. The Bertz CT molecular complexity index is 696. The van der Waals surface area contributed by atoms with Crippen LogP contribution in [-0.4, -0.2) is 15.2 Å². The number of aromatic nitrogens is 3. The van der Waals surface area contributed by atoms with Gasteiger partial charge < -0.3 is 10.7 Å². The van der Waals surface area contributed by atoms with E-state index < -0.39 is 0 Å². The van der Waals surface area contributed by atoms with E-state index in [1.54, 1.807) is 0 Å². The summed E-state index contributed by atoms with van der Waals surface area (Å²) < 4.78 is 0. The van der Waals surface area contributed by atoms with Crippen molar-refractivity contribution in [3.8, 4) is 11.3 Å². The van der Waals surface area contributed by atoms with Gasteiger partial charge in [-0.05, 0) is 13.0 Å². The standard InChI is InChI=1S/C12H11ClN4/c1-6-11(9-5-10(14)17-16-9)7-3-2-4-8(13)12(7)15-6/h2-5,15H,1H3,(H3,14,16,17). The number of aromatic amines is 2. The second-order valence-corrected chi connectivity index (χ2v) is 4.40. The minimum absolute atomic E-state index is 0.482. The molecule has 1 aromatic carbocycles. The number of hydrogen-bond donors (Lipinski definition) is 3. The lowest BCUT2D eigenvalue weighted by Crippen LogP contribution is -1.81. The van der Waals surface area contributed by atoms with Gasteiger partial charge in [-0.3, -0.25) is 5.10 Å². The van der Waals surface area contributed by atoms with Crippen molar-refractivity contribution < 1.29 is 0 Å². The molecule has 0 saturated heterocycles. The van der Waals surface area contributed by atoms with Crippen molar-refractivity contribution in [3.63, 3.8) is 0 Å². The monoisotopic (exact) mass is 246 g/mol. The zero-order chi connectivity index (χ0) is 12.0. The molecule has 3 aromatic rings. The Kier molecular flexibility index (Phi) is 2.12. The molecule has 0 amide bonds. The first kappa shape index (κ1) is 10.2. The number of nitrogens with two attached hydrogens (primary N) is 1. The molecule has 0 radical (unpaired) electrons. The Morgan fingerprint density at radius 3 is 2.88 bits per heavy atom. The predicted octanol–water partition coefficient (Wildman–Crippen LogP) is 3.10. The number of para-hydroxylation sites is 1. The fourth-order valence-corrected chi connectivity index (χ4v) is 2.35. The number of nitrogen functional groups attached to an aromatic ring is 1. The Morgan fingerprint density at radius 2 is 2.18 bits per heavy atom. The molecule has 0 aliphatic rings. The molecule has 0 aliphatic heterocycles. The van der Waals surface area contributed by atoms with Gasteiger partial charge in [-0.2, -0.15) is 5.10 Å². The molecule has 86 valence electrons. The van der Waals surface area contributed by atoms with Gasteiger partial charge in [-0.1, -0.05) is 23.7 Å². The third-order valence-corrected chi connectivity index (χ3v) is 3.15. The van der Waals surface area contributed by atoms with E-state index in [-0.39, 0.29) is 0 Å². The molecule has 5 heteroatoms. The van der Waals surface area contributed by atoms with E-state index in [4.69, 9.17) is 17.3 Å². The van der Waals surface area contributed by atoms with E-state index in [2.05, 4.69) is 15.2 Å². The first-order valence-corrected chi connectivity index (χ1v) is 5.62. The molecule has 0 aliphatic carbocycles. The second-order valence-electron chi connectivity index (χ2n) is 3.99. The van der Waals surface area contributed by atoms with Crippen molar-refractivity contribution in [2.24, 2.45) is 0 Å². The number of H-pyrrole nitrogens is 2. The molecule has 0 saturated carbocycles. The van der Waals surface area contributed by atoms with Crippen LogP contribution in [0.1, 0.15) is 5.69 Å². The van der Waals surface area contributed by atoms with Gasteiger partial charge in [0.05, 0.1) is 16.2 Å². The number of fused-ring (bicyclic) bond motifs is 1. The smallest absolute Gasteiger partial charge is 0.145 e. The van der Waals surface area contributed by atoms with Crippen molar-refractivity contribution in [1.82, 2.24) is 15.2 Å². The van der Waals surface area contributed by atoms with E-state index in [1.165, 1.54) is 0 Å². The number of rotatable bonds is 1. The van der Waals surface area contributed by atoms with Gasteiger partial charge in [-0.25, -0.2) is 0 Å². The molecule has 2 heterocycles. The van der Waals surface area contributed by atoms with Crippen LogP contribution in [0.2, 0.25) is 5.02 Å². The van der Waals surface area contributed by atoms with Crippen molar-refractivity contribution in [2.75, 3.05) is 5.73 Å². The summed E-state index contributed by atoms with van der Waals surface area (Å²) in [6.45, 7) is 2.00. The van der Waals surface area contributed by atoms with Gasteiger partial charge in [-0.15, -0.1) is 0 Å². The lowest BCUT2D eigenvalue weighted by molar-refractivity contribution is 1.10. The molecule has 4 N–H and O–H groups in total. The lowest BCUT2D eigenvalue weighted by Gasteiger charge is -1.97. The van der Waals surface area contributed by atoms with E-state index in [0.29, 0.717) is 10.8 Å². The number of benzene rings is 1. The summed E-state index contributed by atoms with van der Waals surface area (Å²) in [7, 11) is 0. The van der Waals surface area contributed by atoms with Gasteiger partial charge in [0.15, 0.2) is 0 Å². The molecule has 2 aromatic heterocycles. The summed E-state index contributed by atoms with van der Waals surface area (Å²) in [6, 6.07) is 7.64. The summed E-state index contributed by atoms with van der Waals surface area (Å²) in [6.07, 6.45) is 0. The topological polar surface area (TPSA) is 70.5 Å². The van der Waals surface area contributed by atoms with Gasteiger partial charge >= 0.3 is 0 Å². The SMILES string of the molecule is Cc1[nH]c2c(Cl)cccc2c1-c1cc(N)n[nH]1. The average molecular weight is 247 g/mol. The number of nitrogens with zero attached hydrogens (tertiary/aromatic N) is 1. The maximum absolute atomic E-state index is 6.15. The fourth-order valence-electron chi connectivity index (χ4n) is 2.12. The Hall–Kier alpha value is -1.94. The van der Waals surface area contributed by atoms with Crippen LogP contribution in [0.25, 0.3) is 22.2 Å². The van der Waals surface area contributed by atoms with Gasteiger partial charge in [0.25, 0.3) is 0 Å². The summed E-state index contributed by atoms with van der Waals surface area (Å²) in [5.41, 5.74) is 9.57. The summed E-state index contributed by atoms with van der Waals surface area (Å²) in [5.74, 6) is 0.482. The Balaban J connectivity index is 2.36. The van der Waals surface area contributed by atoms with Crippen molar-refractivity contribution in [3.05, 3.63) is 35.0 Å². The zero-order valence-electron chi connectivity index (χ0n) is 9.21. The maximum Gasteiger partial charge on any atom is 0.145 e. The summed E-state index contributed by atoms with van der Waals surface area (Å²) in [5, 5.41) is 8.65. The van der Waals surface area contributed by atoms with Crippen molar-refractivity contribution >= 4 is 28.3 Å². The highest BCUT2D eigenvalue weighted by Crippen LogP contribution is 2.34.